The van der Waals surface area contributed by atoms with E-state index < -0.39 is 10.0 Å². The fourth-order valence-electron chi connectivity index (χ4n) is 1.27. The average molecular weight is 253 g/mol. The van der Waals surface area contributed by atoms with Crippen molar-refractivity contribution in [2.75, 3.05) is 4.72 Å². The van der Waals surface area contributed by atoms with Gasteiger partial charge in [-0.15, -0.1) is 0 Å². The Balaban J connectivity index is 2.25. The van der Waals surface area contributed by atoms with Crippen molar-refractivity contribution in [3.05, 3.63) is 42.2 Å². The largest absolute Gasteiger partial charge is 0.363 e. The highest BCUT2D eigenvalue weighted by Gasteiger charge is 2.14. The predicted molar refractivity (Wildman–Crippen MR) is 61.6 cm³/mol. The number of sulfonamides is 1. The normalized spacial score (nSPS) is 11.4. The molecule has 0 bridgehead atoms. The molecule has 0 fully saturated rings. The van der Waals surface area contributed by atoms with Gasteiger partial charge in [0.05, 0.1) is 4.90 Å². The number of nitrogens with one attached hydrogen (secondary N) is 1. The lowest BCUT2D eigenvalue weighted by Crippen LogP contribution is -2.13. The van der Waals surface area contributed by atoms with Crippen molar-refractivity contribution in [2.24, 2.45) is 5.73 Å². The molecule has 1 aromatic heterocycles. The fourth-order valence-corrected chi connectivity index (χ4v) is 2.26. The van der Waals surface area contributed by atoms with E-state index in [4.69, 9.17) is 5.73 Å². The van der Waals surface area contributed by atoms with Gasteiger partial charge in [-0.25, -0.2) is 8.42 Å². The van der Waals surface area contributed by atoms with E-state index in [1.165, 1.54) is 24.5 Å². The molecule has 1 aromatic carbocycles. The van der Waals surface area contributed by atoms with Gasteiger partial charge >= 0.3 is 0 Å². The molecule has 1 heterocycles. The van der Waals surface area contributed by atoms with E-state index in [0.29, 0.717) is 6.54 Å². The van der Waals surface area contributed by atoms with E-state index in [-0.39, 0.29) is 10.7 Å². The third-order valence-electron chi connectivity index (χ3n) is 2.15. The van der Waals surface area contributed by atoms with Gasteiger partial charge in [0.15, 0.2) is 5.82 Å². The number of nitrogens with zero attached hydrogens (tertiary/aromatic N) is 1. The van der Waals surface area contributed by atoms with Crippen LogP contribution in [0.5, 0.6) is 0 Å². The molecule has 0 aliphatic rings. The van der Waals surface area contributed by atoms with Crippen LogP contribution in [-0.4, -0.2) is 13.6 Å². The van der Waals surface area contributed by atoms with Crippen molar-refractivity contribution in [3.63, 3.8) is 0 Å². The summed E-state index contributed by atoms with van der Waals surface area (Å²) < 4.78 is 30.6. The molecular weight excluding hydrogens is 242 g/mol. The van der Waals surface area contributed by atoms with Crippen LogP contribution in [0.2, 0.25) is 0 Å². The second-order valence-electron chi connectivity index (χ2n) is 3.34. The Hall–Kier alpha value is -1.86. The van der Waals surface area contributed by atoms with Crippen molar-refractivity contribution in [1.82, 2.24) is 5.16 Å². The first-order valence-corrected chi connectivity index (χ1v) is 6.32. The van der Waals surface area contributed by atoms with Crippen LogP contribution in [0.1, 0.15) is 5.56 Å². The highest BCUT2D eigenvalue weighted by Crippen LogP contribution is 2.14. The Morgan fingerprint density at radius 1 is 1.24 bits per heavy atom. The lowest BCUT2D eigenvalue weighted by Gasteiger charge is -2.05. The zero-order valence-electron chi connectivity index (χ0n) is 8.83. The molecule has 0 unspecified atom stereocenters. The first-order chi connectivity index (χ1) is 8.12. The summed E-state index contributed by atoms with van der Waals surface area (Å²) in [6, 6.07) is 7.73. The number of anilines is 1. The third-order valence-corrected chi connectivity index (χ3v) is 3.52. The first-order valence-electron chi connectivity index (χ1n) is 4.84. The SMILES string of the molecule is NCc1ccc(S(=O)(=O)Nc2ccon2)cc1. The van der Waals surface area contributed by atoms with Crippen LogP contribution in [-0.2, 0) is 16.6 Å². The minimum absolute atomic E-state index is 0.146. The molecule has 0 amide bonds. The number of hydrogen-bond donors (Lipinski definition) is 2. The highest BCUT2D eigenvalue weighted by atomic mass is 32.2. The number of nitrogens with two attached hydrogens (primary N) is 1. The number of hydrogen-bond acceptors (Lipinski definition) is 5. The molecule has 0 aliphatic heterocycles. The summed E-state index contributed by atoms with van der Waals surface area (Å²) in [5.74, 6) is 0.146. The Morgan fingerprint density at radius 2 is 1.94 bits per heavy atom. The van der Waals surface area contributed by atoms with Gasteiger partial charge < -0.3 is 10.3 Å². The second-order valence-corrected chi connectivity index (χ2v) is 5.02. The van der Waals surface area contributed by atoms with Crippen molar-refractivity contribution >= 4 is 15.8 Å². The van der Waals surface area contributed by atoms with Crippen LogP contribution in [0.15, 0.2) is 46.0 Å². The van der Waals surface area contributed by atoms with Crippen LogP contribution in [0.3, 0.4) is 0 Å². The van der Waals surface area contributed by atoms with E-state index in [9.17, 15) is 8.42 Å². The predicted octanol–water partition coefficient (Wildman–Crippen LogP) is 0.934. The van der Waals surface area contributed by atoms with Gasteiger partial charge in [-0.2, -0.15) is 0 Å². The van der Waals surface area contributed by atoms with Crippen LogP contribution in [0.4, 0.5) is 5.82 Å². The summed E-state index contributed by atoms with van der Waals surface area (Å²) in [5.41, 5.74) is 6.30. The molecule has 0 saturated carbocycles. The monoisotopic (exact) mass is 253 g/mol. The van der Waals surface area contributed by atoms with E-state index in [1.54, 1.807) is 12.1 Å². The molecule has 0 spiro atoms. The van der Waals surface area contributed by atoms with Crippen LogP contribution < -0.4 is 10.5 Å². The molecule has 7 heteroatoms. The summed E-state index contributed by atoms with van der Waals surface area (Å²) in [4.78, 5) is 0.151. The first kappa shape index (κ1) is 11.6. The van der Waals surface area contributed by atoms with Crippen molar-refractivity contribution < 1.29 is 12.9 Å². The number of benzene rings is 1. The van der Waals surface area contributed by atoms with Gasteiger partial charge in [0.25, 0.3) is 10.0 Å². The average Bonchev–Trinajstić information content (AvgIpc) is 2.81. The zero-order valence-corrected chi connectivity index (χ0v) is 9.65. The van der Waals surface area contributed by atoms with Gasteiger partial charge in [0.1, 0.15) is 6.26 Å². The molecule has 3 N–H and O–H groups in total. The van der Waals surface area contributed by atoms with Gasteiger partial charge in [-0.05, 0) is 17.7 Å². The van der Waals surface area contributed by atoms with Crippen molar-refractivity contribution in [1.29, 1.82) is 0 Å². The highest BCUT2D eigenvalue weighted by molar-refractivity contribution is 7.92. The van der Waals surface area contributed by atoms with Crippen LogP contribution in [0.25, 0.3) is 0 Å². The lowest BCUT2D eigenvalue weighted by atomic mass is 10.2. The molecule has 17 heavy (non-hydrogen) atoms. The maximum atomic E-state index is 11.9. The topological polar surface area (TPSA) is 98.2 Å². The van der Waals surface area contributed by atoms with Crippen LogP contribution >= 0.6 is 0 Å². The maximum absolute atomic E-state index is 11.9. The van der Waals surface area contributed by atoms with Gasteiger partial charge in [-0.1, -0.05) is 17.3 Å². The smallest absolute Gasteiger partial charge is 0.263 e. The lowest BCUT2D eigenvalue weighted by molar-refractivity contribution is 0.423. The Labute approximate surface area is 98.5 Å². The van der Waals surface area contributed by atoms with E-state index in [0.717, 1.165) is 5.56 Å². The van der Waals surface area contributed by atoms with E-state index in [2.05, 4.69) is 14.4 Å². The fraction of sp³-hybridized carbons (Fsp3) is 0.100. The molecule has 0 atom stereocenters. The summed E-state index contributed by atoms with van der Waals surface area (Å²) >= 11 is 0. The quantitative estimate of drug-likeness (QED) is 0.844. The summed E-state index contributed by atoms with van der Waals surface area (Å²) in [5, 5.41) is 3.48. The van der Waals surface area contributed by atoms with Gasteiger partial charge in [0.2, 0.25) is 0 Å². The minimum Gasteiger partial charge on any atom is -0.363 e. The maximum Gasteiger partial charge on any atom is 0.263 e. The molecular formula is C10H11N3O3S. The van der Waals surface area contributed by atoms with Crippen LogP contribution in [0, 0.1) is 0 Å². The number of rotatable bonds is 4. The third kappa shape index (κ3) is 2.63. The van der Waals surface area contributed by atoms with Crippen molar-refractivity contribution in [2.45, 2.75) is 11.4 Å². The summed E-state index contributed by atoms with van der Waals surface area (Å²) in [7, 11) is -3.62. The molecule has 6 nitrogen and oxygen atoms in total. The Kier molecular flexibility index (Phi) is 3.12. The van der Waals surface area contributed by atoms with E-state index in [1.807, 2.05) is 0 Å². The van der Waals surface area contributed by atoms with Crippen molar-refractivity contribution in [3.8, 4) is 0 Å². The van der Waals surface area contributed by atoms with Gasteiger partial charge in [-0.3, -0.25) is 4.72 Å². The summed E-state index contributed by atoms with van der Waals surface area (Å²) in [6.45, 7) is 0.372. The molecule has 2 rings (SSSR count). The second kappa shape index (κ2) is 4.56. The Bertz CT molecular complexity index is 576. The minimum atomic E-state index is -3.62. The standard InChI is InChI=1S/C10H11N3O3S/c11-7-8-1-3-9(4-2-8)17(14,15)13-10-5-6-16-12-10/h1-6H,7,11H2,(H,12,13). The molecule has 0 radical (unpaired) electrons. The van der Waals surface area contributed by atoms with Gasteiger partial charge in [0, 0.05) is 12.6 Å². The van der Waals surface area contributed by atoms with E-state index >= 15 is 0 Å². The molecule has 0 aliphatic carbocycles. The molecule has 0 saturated heterocycles. The summed E-state index contributed by atoms with van der Waals surface area (Å²) in [6.07, 6.45) is 1.29. The Morgan fingerprint density at radius 3 is 2.47 bits per heavy atom. The zero-order chi connectivity index (χ0) is 12.3. The number of aromatic nitrogens is 1. The molecule has 90 valence electrons. The molecule has 2 aromatic rings.